The van der Waals surface area contributed by atoms with Crippen LogP contribution in [0.4, 0.5) is 4.79 Å². The molecule has 1 aromatic carbocycles. The highest BCUT2D eigenvalue weighted by Crippen LogP contribution is 2.53. The fourth-order valence-corrected chi connectivity index (χ4v) is 7.65. The van der Waals surface area contributed by atoms with E-state index in [1.165, 1.54) is 24.9 Å². The third-order valence-electron chi connectivity index (χ3n) is 10.2. The van der Waals surface area contributed by atoms with Crippen molar-refractivity contribution in [3.05, 3.63) is 35.9 Å². The Labute approximate surface area is 264 Å². The number of amides is 2. The van der Waals surface area contributed by atoms with Crippen molar-refractivity contribution in [2.45, 2.75) is 90.0 Å². The van der Waals surface area contributed by atoms with E-state index in [4.69, 9.17) is 23.9 Å². The quantitative estimate of drug-likeness (QED) is 0.437. The zero-order valence-corrected chi connectivity index (χ0v) is 26.9. The summed E-state index contributed by atoms with van der Waals surface area (Å²) in [6, 6.07) is 6.00. The molecule has 7 unspecified atom stereocenters. The number of esters is 1. The van der Waals surface area contributed by atoms with Crippen LogP contribution in [-0.4, -0.2) is 72.9 Å². The molecule has 2 aliphatic heterocycles. The van der Waals surface area contributed by atoms with E-state index in [9.17, 15) is 14.4 Å². The van der Waals surface area contributed by atoms with Crippen LogP contribution in [0.3, 0.4) is 0 Å². The first-order chi connectivity index (χ1) is 21.5. The van der Waals surface area contributed by atoms with Gasteiger partial charge in [0.2, 0.25) is 11.8 Å². The number of nitrogens with zero attached hydrogens (tertiary/aromatic N) is 2. The number of carbonyl (C=O) groups excluding carboxylic acids is 3. The Morgan fingerprint density at radius 2 is 1.87 bits per heavy atom. The van der Waals surface area contributed by atoms with Crippen molar-refractivity contribution < 1.29 is 33.3 Å². The molecule has 2 bridgehead atoms. The number of ether oxygens (including phenoxy) is 4. The molecule has 0 spiro atoms. The Balaban J connectivity index is 1.37. The number of alkyl carbamates (subject to hydrolysis) is 1. The Morgan fingerprint density at radius 1 is 1.04 bits per heavy atom. The number of fused-ring (bicyclic) bond motifs is 7. The third kappa shape index (κ3) is 6.33. The van der Waals surface area contributed by atoms with Crippen LogP contribution in [0.2, 0.25) is 0 Å². The minimum absolute atomic E-state index is 0.136. The van der Waals surface area contributed by atoms with Crippen LogP contribution >= 0.6 is 0 Å². The molecule has 7 atom stereocenters. The van der Waals surface area contributed by atoms with Crippen LogP contribution in [-0.2, 0) is 19.1 Å². The summed E-state index contributed by atoms with van der Waals surface area (Å²) in [6.07, 6.45) is 9.20. The average molecular weight is 620 g/mol. The summed E-state index contributed by atoms with van der Waals surface area (Å²) in [7, 11) is 2.92. The molecule has 242 valence electrons. The molecule has 3 fully saturated rings. The van der Waals surface area contributed by atoms with E-state index in [2.05, 4.69) is 11.4 Å². The largest absolute Gasteiger partial charge is 0.497 e. The smallest absolute Gasteiger partial charge is 0.408 e. The van der Waals surface area contributed by atoms with Gasteiger partial charge in [0.25, 0.3) is 0 Å². The van der Waals surface area contributed by atoms with Gasteiger partial charge in [0.05, 0.1) is 26.3 Å². The third-order valence-corrected chi connectivity index (χ3v) is 10.2. The summed E-state index contributed by atoms with van der Waals surface area (Å²) >= 11 is 0. The van der Waals surface area contributed by atoms with Crippen LogP contribution in [0.15, 0.2) is 30.3 Å². The second kappa shape index (κ2) is 12.5. The van der Waals surface area contributed by atoms with E-state index in [-0.39, 0.29) is 25.0 Å². The SMILES string of the molecule is COC(=O)C1CC2CN1C(=O)C(C(C)(C)C)NC(=O)OC1CC3CCC3C1CCCC=Cc1cc3ccc(OC)cc3nc1O2. The van der Waals surface area contributed by atoms with E-state index in [0.717, 1.165) is 42.1 Å². The minimum atomic E-state index is -0.920. The monoisotopic (exact) mass is 619 g/mol. The maximum Gasteiger partial charge on any atom is 0.408 e. The highest BCUT2D eigenvalue weighted by molar-refractivity contribution is 5.91. The molecule has 2 aromatic rings. The van der Waals surface area contributed by atoms with Crippen molar-refractivity contribution in [2.75, 3.05) is 20.8 Å². The van der Waals surface area contributed by atoms with Gasteiger partial charge in [-0.1, -0.05) is 32.9 Å². The summed E-state index contributed by atoms with van der Waals surface area (Å²) in [5, 5.41) is 3.85. The molecule has 45 heavy (non-hydrogen) atoms. The van der Waals surface area contributed by atoms with Crippen molar-refractivity contribution in [3.8, 4) is 11.6 Å². The predicted octanol–water partition coefficient (Wildman–Crippen LogP) is 5.52. The number of carbonyl (C=O) groups is 3. The second-order valence-corrected chi connectivity index (χ2v) is 14.1. The van der Waals surface area contributed by atoms with Gasteiger partial charge < -0.3 is 29.2 Å². The zero-order valence-electron chi connectivity index (χ0n) is 26.9. The van der Waals surface area contributed by atoms with E-state index in [0.29, 0.717) is 29.4 Å². The number of benzene rings is 1. The standard InChI is InChI=1S/C35H45N3O7/c1-35(2,3)30-32(39)38-19-24(18-28(38)33(40)43-5)44-31-22(15-21-11-13-23(42-4)17-27(21)36-31)9-7-6-8-10-26-25-14-12-20(25)16-29(26)45-34(41)37-30/h7,9,11,13,15,17,20,24-26,28-30H,6,8,10,12,14,16,18-19H2,1-5H3,(H,37,41). The molecule has 10 heteroatoms. The first kappa shape index (κ1) is 31.2. The van der Waals surface area contributed by atoms with Crippen LogP contribution in [0.5, 0.6) is 11.6 Å². The molecule has 2 aliphatic carbocycles. The van der Waals surface area contributed by atoms with Crippen molar-refractivity contribution in [1.82, 2.24) is 15.2 Å². The van der Waals surface area contributed by atoms with Gasteiger partial charge in [-0.3, -0.25) is 4.79 Å². The first-order valence-electron chi connectivity index (χ1n) is 16.2. The lowest BCUT2D eigenvalue weighted by Gasteiger charge is -2.35. The maximum absolute atomic E-state index is 14.2. The van der Waals surface area contributed by atoms with E-state index < -0.39 is 35.7 Å². The van der Waals surface area contributed by atoms with Crippen molar-refractivity contribution in [2.24, 2.45) is 23.2 Å². The lowest BCUT2D eigenvalue weighted by atomic mass is 9.71. The molecule has 1 saturated heterocycles. The first-order valence-corrected chi connectivity index (χ1v) is 16.2. The maximum atomic E-state index is 14.2. The summed E-state index contributed by atoms with van der Waals surface area (Å²) in [6.45, 7) is 5.81. The van der Waals surface area contributed by atoms with E-state index in [1.807, 2.05) is 51.1 Å². The van der Waals surface area contributed by atoms with Crippen molar-refractivity contribution in [1.29, 1.82) is 0 Å². The molecule has 2 amide bonds. The van der Waals surface area contributed by atoms with Crippen LogP contribution < -0.4 is 14.8 Å². The van der Waals surface area contributed by atoms with Gasteiger partial charge in [-0.15, -0.1) is 0 Å². The molecular weight excluding hydrogens is 574 g/mol. The molecule has 4 aliphatic rings. The highest BCUT2D eigenvalue weighted by atomic mass is 16.6. The Morgan fingerprint density at radius 3 is 2.58 bits per heavy atom. The highest BCUT2D eigenvalue weighted by Gasteiger charge is 2.50. The Kier molecular flexibility index (Phi) is 8.68. The number of rotatable bonds is 2. The van der Waals surface area contributed by atoms with Gasteiger partial charge in [0.1, 0.15) is 30.0 Å². The number of nitrogens with one attached hydrogen (secondary N) is 1. The number of pyridine rings is 1. The molecular formula is C35H45N3O7. The van der Waals surface area contributed by atoms with Gasteiger partial charge >= 0.3 is 12.1 Å². The Bertz CT molecular complexity index is 1480. The average Bonchev–Trinajstić information content (AvgIpc) is 3.51. The molecule has 6 rings (SSSR count). The molecule has 0 radical (unpaired) electrons. The second-order valence-electron chi connectivity index (χ2n) is 14.1. The van der Waals surface area contributed by atoms with E-state index in [1.54, 1.807) is 7.11 Å². The topological polar surface area (TPSA) is 116 Å². The summed E-state index contributed by atoms with van der Waals surface area (Å²) in [4.78, 5) is 46.9. The number of hydrogen-bond acceptors (Lipinski definition) is 8. The van der Waals surface area contributed by atoms with Crippen LogP contribution in [0.25, 0.3) is 17.0 Å². The lowest BCUT2D eigenvalue weighted by Crippen LogP contribution is -2.57. The van der Waals surface area contributed by atoms with Crippen LogP contribution in [0, 0.1) is 23.2 Å². The Hall–Kier alpha value is -3.82. The number of methoxy groups -OCH3 is 2. The normalized spacial score (nSPS) is 30.4. The predicted molar refractivity (Wildman–Crippen MR) is 169 cm³/mol. The minimum Gasteiger partial charge on any atom is -0.497 e. The van der Waals surface area contributed by atoms with Gasteiger partial charge in [0, 0.05) is 23.4 Å². The van der Waals surface area contributed by atoms with Crippen molar-refractivity contribution in [3.63, 3.8) is 0 Å². The summed E-state index contributed by atoms with van der Waals surface area (Å²) in [5.74, 6) is 1.70. The molecule has 2 saturated carbocycles. The fourth-order valence-electron chi connectivity index (χ4n) is 7.65. The molecule has 3 heterocycles. The number of aromatic nitrogens is 1. The summed E-state index contributed by atoms with van der Waals surface area (Å²) in [5.41, 5.74) is 0.896. The lowest BCUT2D eigenvalue weighted by molar-refractivity contribution is -0.152. The van der Waals surface area contributed by atoms with Gasteiger partial charge in [-0.2, -0.15) is 0 Å². The van der Waals surface area contributed by atoms with Gasteiger partial charge in [-0.05, 0) is 79.9 Å². The molecule has 1 aromatic heterocycles. The zero-order chi connectivity index (χ0) is 31.9. The summed E-state index contributed by atoms with van der Waals surface area (Å²) < 4.78 is 23.1. The van der Waals surface area contributed by atoms with Crippen molar-refractivity contribution >= 4 is 34.9 Å². The van der Waals surface area contributed by atoms with Gasteiger partial charge in [-0.25, -0.2) is 14.6 Å². The van der Waals surface area contributed by atoms with Gasteiger partial charge in [0.15, 0.2) is 0 Å². The van der Waals surface area contributed by atoms with E-state index >= 15 is 0 Å². The molecule has 1 N–H and O–H groups in total. The number of allylic oxidation sites excluding steroid dienone is 1. The molecule has 10 nitrogen and oxygen atoms in total. The van der Waals surface area contributed by atoms with Crippen LogP contribution in [0.1, 0.15) is 71.3 Å². The fraction of sp³-hybridized carbons (Fsp3) is 0.600. The number of hydrogen-bond donors (Lipinski definition) is 1.